The number of imidazole rings is 1. The molecule has 0 spiro atoms. The maximum atomic E-state index is 5.34. The lowest BCUT2D eigenvalue weighted by molar-refractivity contribution is 0.413. The minimum Gasteiger partial charge on any atom is -0.495 e. The van der Waals surface area contributed by atoms with Crippen LogP contribution < -0.4 is 9.64 Å². The second-order valence-electron chi connectivity index (χ2n) is 8.10. The molecule has 5 aromatic heterocycles. The van der Waals surface area contributed by atoms with Gasteiger partial charge in [-0.05, 0) is 37.3 Å². The standard InChI is InChI=1S/C25H21N7OS/c1-14-4-7-21(34-14)17-11-27-12-19-22(17)31-25(30-19)24-23-20(32(2)13-28-24)6-5-18(29-23)15-8-16(33-3)10-26-9-15/h4-12H,13H2,1-3H3,(H,30,31). The van der Waals surface area contributed by atoms with E-state index >= 15 is 0 Å². The van der Waals surface area contributed by atoms with E-state index < -0.39 is 0 Å². The minimum absolute atomic E-state index is 0.524. The fourth-order valence-corrected chi connectivity index (χ4v) is 4.96. The van der Waals surface area contributed by atoms with E-state index in [1.807, 2.05) is 25.4 Å². The van der Waals surface area contributed by atoms with Crippen LogP contribution in [0.4, 0.5) is 5.69 Å². The molecule has 0 aliphatic carbocycles. The van der Waals surface area contributed by atoms with Crippen LogP contribution in [0.1, 0.15) is 16.4 Å². The molecule has 9 heteroatoms. The van der Waals surface area contributed by atoms with Gasteiger partial charge in [0.25, 0.3) is 0 Å². The van der Waals surface area contributed by atoms with Gasteiger partial charge in [-0.1, -0.05) is 0 Å². The lowest BCUT2D eigenvalue weighted by Crippen LogP contribution is -2.27. The average molecular weight is 468 g/mol. The Kier molecular flexibility index (Phi) is 4.84. The van der Waals surface area contributed by atoms with Gasteiger partial charge in [0.1, 0.15) is 29.3 Å². The molecule has 0 saturated heterocycles. The van der Waals surface area contributed by atoms with Crippen LogP contribution in [0.5, 0.6) is 5.75 Å². The van der Waals surface area contributed by atoms with E-state index in [0.717, 1.165) is 49.8 Å². The van der Waals surface area contributed by atoms with Gasteiger partial charge in [0.05, 0.1) is 36.4 Å². The first-order valence-corrected chi connectivity index (χ1v) is 11.6. The number of H-pyrrole nitrogens is 1. The van der Waals surface area contributed by atoms with Crippen LogP contribution in [0, 0.1) is 6.92 Å². The summed E-state index contributed by atoms with van der Waals surface area (Å²) in [4.78, 5) is 31.4. The number of aryl methyl sites for hydroxylation is 1. The lowest BCUT2D eigenvalue weighted by atomic mass is 10.1. The van der Waals surface area contributed by atoms with Gasteiger partial charge in [0.2, 0.25) is 0 Å². The third-order valence-electron chi connectivity index (χ3n) is 5.82. The second kappa shape index (κ2) is 8.03. The SMILES string of the molecule is COc1cncc(-c2ccc3c(n2)C(c2nc4c(-c5ccc(C)s5)cncc4[nH]2)=NCN3C)c1. The highest BCUT2D eigenvalue weighted by Gasteiger charge is 2.25. The Hall–Kier alpha value is -4.11. The molecule has 34 heavy (non-hydrogen) atoms. The number of nitrogens with one attached hydrogen (secondary N) is 1. The first-order chi connectivity index (χ1) is 16.6. The number of aromatic nitrogens is 5. The third-order valence-corrected chi connectivity index (χ3v) is 6.85. The van der Waals surface area contributed by atoms with Crippen LogP contribution in [0.25, 0.3) is 32.7 Å². The average Bonchev–Trinajstić information content (AvgIpc) is 3.50. The molecule has 0 unspecified atom stereocenters. The third kappa shape index (κ3) is 3.41. The molecule has 0 saturated carbocycles. The molecule has 1 aliphatic heterocycles. The van der Waals surface area contributed by atoms with Gasteiger partial charge in [-0.25, -0.2) is 9.97 Å². The Balaban J connectivity index is 1.48. The van der Waals surface area contributed by atoms with Crippen molar-refractivity contribution in [2.75, 3.05) is 25.7 Å². The summed E-state index contributed by atoms with van der Waals surface area (Å²) in [7, 11) is 3.64. The zero-order valence-corrected chi connectivity index (χ0v) is 19.7. The molecule has 0 fully saturated rings. The first-order valence-electron chi connectivity index (χ1n) is 10.8. The first kappa shape index (κ1) is 20.5. The van der Waals surface area contributed by atoms with Gasteiger partial charge in [-0.3, -0.25) is 15.0 Å². The highest BCUT2D eigenvalue weighted by molar-refractivity contribution is 7.15. The summed E-state index contributed by atoms with van der Waals surface area (Å²) in [5, 5.41) is 0. The summed E-state index contributed by atoms with van der Waals surface area (Å²) in [6, 6.07) is 10.2. The van der Waals surface area contributed by atoms with Crippen molar-refractivity contribution < 1.29 is 4.74 Å². The fourth-order valence-electron chi connectivity index (χ4n) is 4.08. The maximum absolute atomic E-state index is 5.34. The molecule has 168 valence electrons. The molecule has 0 amide bonds. The molecule has 0 radical (unpaired) electrons. The van der Waals surface area contributed by atoms with E-state index in [-0.39, 0.29) is 0 Å². The van der Waals surface area contributed by atoms with Gasteiger partial charge in [0, 0.05) is 40.3 Å². The van der Waals surface area contributed by atoms with E-state index in [1.165, 1.54) is 4.88 Å². The summed E-state index contributed by atoms with van der Waals surface area (Å²) in [5.74, 6) is 1.37. The Morgan fingerprint density at radius 3 is 2.74 bits per heavy atom. The van der Waals surface area contributed by atoms with Crippen molar-refractivity contribution >= 4 is 33.8 Å². The molecule has 0 atom stereocenters. The largest absolute Gasteiger partial charge is 0.495 e. The molecule has 1 N–H and O–H groups in total. The number of rotatable bonds is 4. The highest BCUT2D eigenvalue weighted by Crippen LogP contribution is 2.33. The maximum Gasteiger partial charge on any atom is 0.159 e. The van der Waals surface area contributed by atoms with Crippen LogP contribution in [0.3, 0.4) is 0 Å². The predicted octanol–water partition coefficient (Wildman–Crippen LogP) is 4.71. The van der Waals surface area contributed by atoms with Gasteiger partial charge >= 0.3 is 0 Å². The molecule has 6 heterocycles. The number of nitrogens with zero attached hydrogens (tertiary/aromatic N) is 6. The van der Waals surface area contributed by atoms with Crippen molar-refractivity contribution in [1.82, 2.24) is 24.9 Å². The second-order valence-corrected chi connectivity index (χ2v) is 9.39. The number of thiophene rings is 1. The van der Waals surface area contributed by atoms with Crippen LogP contribution in [-0.4, -0.2) is 51.5 Å². The molecular formula is C25H21N7OS. The quantitative estimate of drug-likeness (QED) is 0.412. The van der Waals surface area contributed by atoms with E-state index in [9.17, 15) is 0 Å². The molecule has 0 bridgehead atoms. The summed E-state index contributed by atoms with van der Waals surface area (Å²) >= 11 is 1.73. The normalized spacial score (nSPS) is 13.1. The summed E-state index contributed by atoms with van der Waals surface area (Å²) < 4.78 is 5.34. The van der Waals surface area contributed by atoms with Crippen molar-refractivity contribution in [2.24, 2.45) is 4.99 Å². The van der Waals surface area contributed by atoms with Crippen molar-refractivity contribution in [3.05, 3.63) is 71.5 Å². The van der Waals surface area contributed by atoms with Crippen LogP contribution >= 0.6 is 11.3 Å². The number of ether oxygens (including phenoxy) is 1. The van der Waals surface area contributed by atoms with E-state index in [1.54, 1.807) is 37.0 Å². The smallest absolute Gasteiger partial charge is 0.159 e. The van der Waals surface area contributed by atoms with Crippen molar-refractivity contribution in [3.8, 4) is 27.4 Å². The van der Waals surface area contributed by atoms with Gasteiger partial charge in [0.15, 0.2) is 5.82 Å². The number of aromatic amines is 1. The molecular weight excluding hydrogens is 446 g/mol. The molecule has 1 aliphatic rings. The van der Waals surface area contributed by atoms with Crippen LogP contribution in [-0.2, 0) is 0 Å². The molecule has 8 nitrogen and oxygen atoms in total. The number of aliphatic imine (C=N–C) groups is 1. The van der Waals surface area contributed by atoms with Crippen molar-refractivity contribution in [3.63, 3.8) is 0 Å². The fraction of sp³-hybridized carbons (Fsp3) is 0.160. The van der Waals surface area contributed by atoms with Gasteiger partial charge < -0.3 is 14.6 Å². The number of fused-ring (bicyclic) bond motifs is 2. The zero-order valence-electron chi connectivity index (χ0n) is 18.9. The van der Waals surface area contributed by atoms with E-state index in [2.05, 4.69) is 45.0 Å². The summed E-state index contributed by atoms with van der Waals surface area (Å²) in [5.41, 5.74) is 6.93. The zero-order chi connectivity index (χ0) is 23.2. The molecule has 0 aromatic carbocycles. The summed E-state index contributed by atoms with van der Waals surface area (Å²) in [6.45, 7) is 2.62. The number of hydrogen-bond donors (Lipinski definition) is 1. The molecule has 5 aromatic rings. The highest BCUT2D eigenvalue weighted by atomic mass is 32.1. The predicted molar refractivity (Wildman–Crippen MR) is 135 cm³/mol. The number of methoxy groups -OCH3 is 1. The number of anilines is 1. The minimum atomic E-state index is 0.524. The Morgan fingerprint density at radius 1 is 1.03 bits per heavy atom. The van der Waals surface area contributed by atoms with Crippen LogP contribution in [0.15, 0.2) is 60.1 Å². The van der Waals surface area contributed by atoms with E-state index in [0.29, 0.717) is 18.2 Å². The monoisotopic (exact) mass is 467 g/mol. The van der Waals surface area contributed by atoms with Crippen molar-refractivity contribution in [1.29, 1.82) is 0 Å². The lowest BCUT2D eigenvalue weighted by Gasteiger charge is -2.25. The summed E-state index contributed by atoms with van der Waals surface area (Å²) in [6.07, 6.45) is 7.13. The molecule has 6 rings (SSSR count). The Bertz CT molecular complexity index is 1570. The Morgan fingerprint density at radius 2 is 1.91 bits per heavy atom. The van der Waals surface area contributed by atoms with Gasteiger partial charge in [-0.15, -0.1) is 11.3 Å². The number of pyridine rings is 3. The number of hydrogen-bond acceptors (Lipinski definition) is 8. The van der Waals surface area contributed by atoms with Crippen LogP contribution in [0.2, 0.25) is 0 Å². The Labute approximate surface area is 200 Å². The van der Waals surface area contributed by atoms with Gasteiger partial charge in [-0.2, -0.15) is 0 Å². The van der Waals surface area contributed by atoms with Crippen molar-refractivity contribution in [2.45, 2.75) is 6.92 Å². The topological polar surface area (TPSA) is 92.2 Å². The van der Waals surface area contributed by atoms with E-state index in [4.69, 9.17) is 19.7 Å².